The fourth-order valence-electron chi connectivity index (χ4n) is 3.47. The summed E-state index contributed by atoms with van der Waals surface area (Å²) >= 11 is 7.84. The van der Waals surface area contributed by atoms with Crippen molar-refractivity contribution in [2.24, 2.45) is 0 Å². The van der Waals surface area contributed by atoms with Crippen molar-refractivity contribution in [3.63, 3.8) is 0 Å². The summed E-state index contributed by atoms with van der Waals surface area (Å²) in [5.41, 5.74) is 2.12. The summed E-state index contributed by atoms with van der Waals surface area (Å²) in [5, 5.41) is 12.5. The molecule has 4 rings (SSSR count). The first-order valence-corrected chi connectivity index (χ1v) is 11.5. The molecule has 1 aliphatic heterocycles. The standard InChI is InChI=1S/C24H22ClNO5S/c1-13(2)19-12-32-23(26-19)10-20(27)14-3-5-15(6-4-14)31-22-11-21-17(9-18(22)25)16(24(28)29)7-8-30-21/h3-6,9,11-13,16H,7-8,10H2,1-2H3,(H,28,29). The van der Waals surface area contributed by atoms with Crippen molar-refractivity contribution in [1.82, 2.24) is 4.98 Å². The number of halogens is 1. The molecule has 166 valence electrons. The zero-order chi connectivity index (χ0) is 22.8. The number of aliphatic carboxylic acids is 1. The highest BCUT2D eigenvalue weighted by molar-refractivity contribution is 7.09. The van der Waals surface area contributed by atoms with E-state index in [0.717, 1.165) is 10.7 Å². The van der Waals surface area contributed by atoms with Crippen molar-refractivity contribution in [2.75, 3.05) is 6.61 Å². The molecule has 8 heteroatoms. The van der Waals surface area contributed by atoms with Gasteiger partial charge in [-0.2, -0.15) is 0 Å². The van der Waals surface area contributed by atoms with Crippen molar-refractivity contribution in [3.8, 4) is 17.2 Å². The maximum absolute atomic E-state index is 12.6. The van der Waals surface area contributed by atoms with Gasteiger partial charge in [0.25, 0.3) is 0 Å². The van der Waals surface area contributed by atoms with E-state index in [1.165, 1.54) is 11.3 Å². The lowest BCUT2D eigenvalue weighted by atomic mass is 9.93. The molecule has 1 aromatic heterocycles. The molecule has 2 heterocycles. The Labute approximate surface area is 194 Å². The smallest absolute Gasteiger partial charge is 0.311 e. The molecule has 0 saturated heterocycles. The minimum absolute atomic E-state index is 0.0128. The Morgan fingerprint density at radius 3 is 2.69 bits per heavy atom. The maximum atomic E-state index is 12.6. The lowest BCUT2D eigenvalue weighted by molar-refractivity contribution is -0.139. The number of ketones is 1. The second-order valence-electron chi connectivity index (χ2n) is 7.90. The summed E-state index contributed by atoms with van der Waals surface area (Å²) < 4.78 is 11.5. The topological polar surface area (TPSA) is 85.7 Å². The second kappa shape index (κ2) is 9.30. The highest BCUT2D eigenvalue weighted by Gasteiger charge is 2.29. The number of carboxylic acid groups (broad SMARTS) is 1. The minimum atomic E-state index is -0.905. The molecule has 3 aromatic rings. The molecule has 0 radical (unpaired) electrons. The average molecular weight is 472 g/mol. The third-order valence-corrected chi connectivity index (χ3v) is 6.44. The van der Waals surface area contributed by atoms with Gasteiger partial charge in [-0.15, -0.1) is 11.3 Å². The van der Waals surface area contributed by atoms with Crippen LogP contribution in [0.4, 0.5) is 0 Å². The Bertz CT molecular complexity index is 1160. The molecule has 6 nitrogen and oxygen atoms in total. The fourth-order valence-corrected chi connectivity index (χ4v) is 4.64. The van der Waals surface area contributed by atoms with E-state index in [9.17, 15) is 14.7 Å². The molecule has 32 heavy (non-hydrogen) atoms. The number of Topliss-reactive ketones (excluding diaryl/α,β-unsaturated/α-hetero) is 1. The van der Waals surface area contributed by atoms with E-state index in [4.69, 9.17) is 21.1 Å². The number of hydrogen-bond acceptors (Lipinski definition) is 6. The van der Waals surface area contributed by atoms with E-state index in [2.05, 4.69) is 18.8 Å². The minimum Gasteiger partial charge on any atom is -0.493 e. The van der Waals surface area contributed by atoms with E-state index < -0.39 is 11.9 Å². The van der Waals surface area contributed by atoms with Crippen LogP contribution in [0.2, 0.25) is 5.02 Å². The van der Waals surface area contributed by atoms with Crippen LogP contribution >= 0.6 is 22.9 Å². The van der Waals surface area contributed by atoms with Crippen LogP contribution in [-0.4, -0.2) is 28.4 Å². The van der Waals surface area contributed by atoms with Crippen molar-refractivity contribution in [3.05, 3.63) is 68.6 Å². The first-order chi connectivity index (χ1) is 15.3. The predicted molar refractivity (Wildman–Crippen MR) is 123 cm³/mol. The molecule has 2 aromatic carbocycles. The van der Waals surface area contributed by atoms with E-state index in [1.807, 2.05) is 5.38 Å². The first-order valence-electron chi connectivity index (χ1n) is 10.3. The quantitative estimate of drug-likeness (QED) is 0.420. The molecule has 1 unspecified atom stereocenters. The van der Waals surface area contributed by atoms with Gasteiger partial charge in [0.15, 0.2) is 5.78 Å². The molecule has 0 amide bonds. The van der Waals surface area contributed by atoms with E-state index in [0.29, 0.717) is 52.3 Å². The number of benzene rings is 2. The Hall–Kier alpha value is -2.90. The predicted octanol–water partition coefficient (Wildman–Crippen LogP) is 6.09. The lowest BCUT2D eigenvalue weighted by Gasteiger charge is -2.24. The summed E-state index contributed by atoms with van der Waals surface area (Å²) in [7, 11) is 0. The van der Waals surface area contributed by atoms with Crippen molar-refractivity contribution < 1.29 is 24.2 Å². The van der Waals surface area contributed by atoms with Gasteiger partial charge >= 0.3 is 5.97 Å². The molecule has 0 aliphatic carbocycles. The number of carbonyl (C=O) groups is 2. The maximum Gasteiger partial charge on any atom is 0.311 e. The van der Waals surface area contributed by atoms with E-state index in [1.54, 1.807) is 36.4 Å². The molecule has 0 spiro atoms. The molecule has 0 bridgehead atoms. The zero-order valence-corrected chi connectivity index (χ0v) is 19.2. The van der Waals surface area contributed by atoms with Gasteiger partial charge in [-0.05, 0) is 42.7 Å². The molecular formula is C24H22ClNO5S. The Balaban J connectivity index is 1.46. The summed E-state index contributed by atoms with van der Waals surface area (Å²) in [6.45, 7) is 4.47. The Kier molecular flexibility index (Phi) is 6.48. The SMILES string of the molecule is CC(C)c1csc(CC(=O)c2ccc(Oc3cc4c(cc3Cl)C(C(=O)O)CCO4)cc2)n1. The van der Waals surface area contributed by atoms with Crippen molar-refractivity contribution in [2.45, 2.75) is 38.5 Å². The Morgan fingerprint density at radius 1 is 1.28 bits per heavy atom. The highest BCUT2D eigenvalue weighted by Crippen LogP contribution is 2.41. The van der Waals surface area contributed by atoms with Crippen LogP contribution < -0.4 is 9.47 Å². The molecular weight excluding hydrogens is 450 g/mol. The number of carboxylic acids is 1. The average Bonchev–Trinajstić information content (AvgIpc) is 3.23. The second-order valence-corrected chi connectivity index (χ2v) is 9.25. The highest BCUT2D eigenvalue weighted by atomic mass is 35.5. The first kappa shape index (κ1) is 22.3. The Morgan fingerprint density at radius 2 is 2.03 bits per heavy atom. The van der Waals surface area contributed by atoms with Gasteiger partial charge in [0.05, 0.1) is 29.7 Å². The summed E-state index contributed by atoms with van der Waals surface area (Å²) in [6, 6.07) is 10.0. The zero-order valence-electron chi connectivity index (χ0n) is 17.6. The van der Waals surface area contributed by atoms with Crippen LogP contribution in [0.3, 0.4) is 0 Å². The van der Waals surface area contributed by atoms with Gasteiger partial charge in [-0.25, -0.2) is 4.98 Å². The van der Waals surface area contributed by atoms with Crippen LogP contribution in [0, 0.1) is 0 Å². The normalized spacial score (nSPS) is 15.2. The van der Waals surface area contributed by atoms with Gasteiger partial charge < -0.3 is 14.6 Å². The van der Waals surface area contributed by atoms with Crippen LogP contribution in [0.15, 0.2) is 41.8 Å². The van der Waals surface area contributed by atoms with Gasteiger partial charge in [-0.3, -0.25) is 9.59 Å². The fraction of sp³-hybridized carbons (Fsp3) is 0.292. The lowest BCUT2D eigenvalue weighted by Crippen LogP contribution is -2.20. The monoisotopic (exact) mass is 471 g/mol. The molecule has 0 fully saturated rings. The number of carbonyl (C=O) groups excluding carboxylic acids is 1. The molecule has 1 aliphatic rings. The van der Waals surface area contributed by atoms with Gasteiger partial charge in [0.1, 0.15) is 22.3 Å². The third-order valence-electron chi connectivity index (χ3n) is 5.28. The number of hydrogen-bond donors (Lipinski definition) is 1. The molecule has 0 saturated carbocycles. The van der Waals surface area contributed by atoms with Crippen LogP contribution in [-0.2, 0) is 11.2 Å². The number of nitrogens with zero attached hydrogens (tertiary/aromatic N) is 1. The number of thiazole rings is 1. The molecule has 1 N–H and O–H groups in total. The van der Waals surface area contributed by atoms with E-state index >= 15 is 0 Å². The summed E-state index contributed by atoms with van der Waals surface area (Å²) in [5.74, 6) is 0.0928. The van der Waals surface area contributed by atoms with Crippen molar-refractivity contribution >= 4 is 34.7 Å². The van der Waals surface area contributed by atoms with E-state index in [-0.39, 0.29) is 12.2 Å². The van der Waals surface area contributed by atoms with Gasteiger partial charge in [-0.1, -0.05) is 25.4 Å². The molecule has 1 atom stereocenters. The largest absolute Gasteiger partial charge is 0.493 e. The number of rotatable bonds is 7. The summed E-state index contributed by atoms with van der Waals surface area (Å²) in [6.07, 6.45) is 0.657. The van der Waals surface area contributed by atoms with Crippen LogP contribution in [0.1, 0.15) is 58.7 Å². The van der Waals surface area contributed by atoms with Crippen molar-refractivity contribution in [1.29, 1.82) is 0 Å². The number of aromatic nitrogens is 1. The third kappa shape index (κ3) is 4.79. The van der Waals surface area contributed by atoms with Crippen LogP contribution in [0.5, 0.6) is 17.2 Å². The van der Waals surface area contributed by atoms with Crippen LogP contribution in [0.25, 0.3) is 0 Å². The van der Waals surface area contributed by atoms with Gasteiger partial charge in [0, 0.05) is 22.6 Å². The number of ether oxygens (including phenoxy) is 2. The summed E-state index contributed by atoms with van der Waals surface area (Å²) in [4.78, 5) is 28.6. The van der Waals surface area contributed by atoms with Gasteiger partial charge in [0.2, 0.25) is 0 Å². The number of fused-ring (bicyclic) bond motifs is 1.